The summed E-state index contributed by atoms with van der Waals surface area (Å²) in [7, 11) is 0. The molecule has 5 atom stereocenters. The lowest BCUT2D eigenvalue weighted by Gasteiger charge is -2.26. The van der Waals surface area contributed by atoms with Gasteiger partial charge in [-0.05, 0) is 56.3 Å². The highest BCUT2D eigenvalue weighted by molar-refractivity contribution is 4.90. The molecule has 0 aromatic heterocycles. The van der Waals surface area contributed by atoms with E-state index in [1.165, 1.54) is 32.1 Å². The van der Waals surface area contributed by atoms with E-state index in [-0.39, 0.29) is 0 Å². The van der Waals surface area contributed by atoms with Crippen LogP contribution in [0.4, 0.5) is 0 Å². The lowest BCUT2D eigenvalue weighted by molar-refractivity contribution is 0.261. The summed E-state index contributed by atoms with van der Waals surface area (Å²) in [6, 6.07) is 0.388. The fourth-order valence-electron chi connectivity index (χ4n) is 3.36. The smallest absolute Gasteiger partial charge is 0.00362 e. The molecule has 2 aliphatic carbocycles. The first-order valence-electron chi connectivity index (χ1n) is 5.92. The summed E-state index contributed by atoms with van der Waals surface area (Å²) >= 11 is 0. The van der Waals surface area contributed by atoms with E-state index >= 15 is 0 Å². The van der Waals surface area contributed by atoms with E-state index in [2.05, 4.69) is 13.8 Å². The summed E-state index contributed by atoms with van der Waals surface area (Å²) in [4.78, 5) is 0. The summed E-state index contributed by atoms with van der Waals surface area (Å²) in [5.41, 5.74) is 5.91. The Morgan fingerprint density at radius 1 is 1.23 bits per heavy atom. The third-order valence-electron chi connectivity index (χ3n) is 4.46. The van der Waals surface area contributed by atoms with Crippen LogP contribution >= 0.6 is 0 Å². The molecule has 5 unspecified atom stereocenters. The maximum absolute atomic E-state index is 5.91. The summed E-state index contributed by atoms with van der Waals surface area (Å²) < 4.78 is 0. The van der Waals surface area contributed by atoms with Crippen molar-refractivity contribution in [2.75, 3.05) is 0 Å². The summed E-state index contributed by atoms with van der Waals surface area (Å²) in [5, 5.41) is 0. The maximum atomic E-state index is 5.91. The Hall–Kier alpha value is -0.0400. The van der Waals surface area contributed by atoms with Crippen LogP contribution in [-0.4, -0.2) is 6.04 Å². The van der Waals surface area contributed by atoms with Crippen molar-refractivity contribution in [2.45, 2.75) is 52.0 Å². The first-order chi connectivity index (χ1) is 6.16. The lowest BCUT2D eigenvalue weighted by atomic mass is 9.81. The van der Waals surface area contributed by atoms with Gasteiger partial charge in [-0.3, -0.25) is 0 Å². The molecule has 0 radical (unpaired) electrons. The van der Waals surface area contributed by atoms with Gasteiger partial charge in [-0.15, -0.1) is 0 Å². The molecule has 0 spiro atoms. The van der Waals surface area contributed by atoms with Crippen molar-refractivity contribution in [3.63, 3.8) is 0 Å². The minimum absolute atomic E-state index is 0.388. The second kappa shape index (κ2) is 3.61. The molecular weight excluding hydrogens is 158 g/mol. The molecule has 0 heterocycles. The fraction of sp³-hybridized carbons (Fsp3) is 1.00. The molecule has 2 aliphatic rings. The SMILES string of the molecule is CC(N)C(C)CC1CC2CCC1C2. The highest BCUT2D eigenvalue weighted by atomic mass is 14.6. The van der Waals surface area contributed by atoms with E-state index in [0.717, 1.165) is 23.7 Å². The minimum atomic E-state index is 0.388. The zero-order valence-electron chi connectivity index (χ0n) is 9.00. The molecule has 0 aromatic carbocycles. The third kappa shape index (κ3) is 1.90. The second-order valence-corrected chi connectivity index (χ2v) is 5.51. The molecule has 1 heteroatoms. The molecule has 2 saturated carbocycles. The van der Waals surface area contributed by atoms with Crippen LogP contribution in [-0.2, 0) is 0 Å². The lowest BCUT2D eigenvalue weighted by Crippen LogP contribution is -2.27. The quantitative estimate of drug-likeness (QED) is 0.712. The molecule has 2 rings (SSSR count). The Morgan fingerprint density at radius 3 is 2.46 bits per heavy atom. The van der Waals surface area contributed by atoms with E-state index in [1.54, 1.807) is 0 Å². The third-order valence-corrected chi connectivity index (χ3v) is 4.46. The largest absolute Gasteiger partial charge is 0.328 e. The van der Waals surface area contributed by atoms with Crippen LogP contribution in [0.15, 0.2) is 0 Å². The molecule has 76 valence electrons. The van der Waals surface area contributed by atoms with Gasteiger partial charge in [0.2, 0.25) is 0 Å². The average Bonchev–Trinajstić information content (AvgIpc) is 2.64. The number of rotatable bonds is 3. The highest BCUT2D eigenvalue weighted by Crippen LogP contribution is 2.50. The molecule has 1 nitrogen and oxygen atoms in total. The molecular formula is C12H23N. The van der Waals surface area contributed by atoms with Gasteiger partial charge in [-0.25, -0.2) is 0 Å². The maximum Gasteiger partial charge on any atom is 0.00362 e. The van der Waals surface area contributed by atoms with Gasteiger partial charge in [0.15, 0.2) is 0 Å². The fourth-order valence-corrected chi connectivity index (χ4v) is 3.36. The van der Waals surface area contributed by atoms with Crippen LogP contribution in [0, 0.1) is 23.7 Å². The molecule has 0 aromatic rings. The molecule has 2 N–H and O–H groups in total. The van der Waals surface area contributed by atoms with Gasteiger partial charge in [0.1, 0.15) is 0 Å². The van der Waals surface area contributed by atoms with Crippen LogP contribution < -0.4 is 5.73 Å². The Morgan fingerprint density at radius 2 is 2.00 bits per heavy atom. The first kappa shape index (κ1) is 9.51. The van der Waals surface area contributed by atoms with Crippen molar-refractivity contribution >= 4 is 0 Å². The van der Waals surface area contributed by atoms with Crippen molar-refractivity contribution in [1.29, 1.82) is 0 Å². The highest BCUT2D eigenvalue weighted by Gasteiger charge is 2.39. The summed E-state index contributed by atoms with van der Waals surface area (Å²) in [5.74, 6) is 3.92. The molecule has 0 saturated heterocycles. The Kier molecular flexibility index (Phi) is 2.64. The van der Waals surface area contributed by atoms with Gasteiger partial charge in [-0.1, -0.05) is 13.3 Å². The summed E-state index contributed by atoms with van der Waals surface area (Å²) in [6.45, 7) is 4.47. The van der Waals surface area contributed by atoms with E-state index in [4.69, 9.17) is 5.73 Å². The van der Waals surface area contributed by atoms with Crippen LogP contribution in [0.1, 0.15) is 46.0 Å². The van der Waals surface area contributed by atoms with E-state index in [1.807, 2.05) is 0 Å². The minimum Gasteiger partial charge on any atom is -0.328 e. The Balaban J connectivity index is 1.83. The van der Waals surface area contributed by atoms with Crippen molar-refractivity contribution in [2.24, 2.45) is 29.4 Å². The standard InChI is InChI=1S/C12H23N/c1-8(9(2)13)5-12-7-10-3-4-11(12)6-10/h8-12H,3-7,13H2,1-2H3. The monoisotopic (exact) mass is 181 g/mol. The number of fused-ring (bicyclic) bond motifs is 2. The van der Waals surface area contributed by atoms with Crippen molar-refractivity contribution < 1.29 is 0 Å². The zero-order valence-corrected chi connectivity index (χ0v) is 9.00. The molecule has 2 fully saturated rings. The van der Waals surface area contributed by atoms with Gasteiger partial charge in [0, 0.05) is 6.04 Å². The Labute approximate surface area is 82.1 Å². The topological polar surface area (TPSA) is 26.0 Å². The molecule has 0 aliphatic heterocycles. The predicted molar refractivity (Wildman–Crippen MR) is 56.4 cm³/mol. The van der Waals surface area contributed by atoms with Gasteiger partial charge < -0.3 is 5.73 Å². The predicted octanol–water partition coefficient (Wildman–Crippen LogP) is 2.80. The van der Waals surface area contributed by atoms with E-state index < -0.39 is 0 Å². The average molecular weight is 181 g/mol. The van der Waals surface area contributed by atoms with Gasteiger partial charge in [0.05, 0.1) is 0 Å². The van der Waals surface area contributed by atoms with Crippen molar-refractivity contribution in [3.05, 3.63) is 0 Å². The van der Waals surface area contributed by atoms with Crippen molar-refractivity contribution in [1.82, 2.24) is 0 Å². The van der Waals surface area contributed by atoms with Gasteiger partial charge in [0.25, 0.3) is 0 Å². The zero-order chi connectivity index (χ0) is 9.42. The Bertz CT molecular complexity index is 176. The van der Waals surface area contributed by atoms with Crippen LogP contribution in [0.2, 0.25) is 0 Å². The second-order valence-electron chi connectivity index (χ2n) is 5.51. The molecule has 13 heavy (non-hydrogen) atoms. The van der Waals surface area contributed by atoms with Crippen LogP contribution in [0.25, 0.3) is 0 Å². The van der Waals surface area contributed by atoms with Crippen LogP contribution in [0.3, 0.4) is 0 Å². The van der Waals surface area contributed by atoms with Crippen LogP contribution in [0.5, 0.6) is 0 Å². The first-order valence-corrected chi connectivity index (χ1v) is 5.92. The number of hydrogen-bond acceptors (Lipinski definition) is 1. The number of nitrogens with two attached hydrogens (primary N) is 1. The number of hydrogen-bond donors (Lipinski definition) is 1. The normalized spacial score (nSPS) is 42.2. The summed E-state index contributed by atoms with van der Waals surface area (Å²) in [6.07, 6.45) is 7.48. The van der Waals surface area contributed by atoms with Gasteiger partial charge in [-0.2, -0.15) is 0 Å². The van der Waals surface area contributed by atoms with Gasteiger partial charge >= 0.3 is 0 Å². The van der Waals surface area contributed by atoms with Crippen molar-refractivity contribution in [3.8, 4) is 0 Å². The van der Waals surface area contributed by atoms with E-state index in [9.17, 15) is 0 Å². The molecule has 0 amide bonds. The molecule has 2 bridgehead atoms. The van der Waals surface area contributed by atoms with E-state index in [0.29, 0.717) is 6.04 Å².